The highest BCUT2D eigenvalue weighted by Gasteiger charge is 2.29. The van der Waals surface area contributed by atoms with E-state index in [-0.39, 0.29) is 18.4 Å². The molecule has 30 heavy (non-hydrogen) atoms. The molecule has 152 valence electrons. The second-order valence-electron chi connectivity index (χ2n) is 7.83. The summed E-state index contributed by atoms with van der Waals surface area (Å²) in [6.07, 6.45) is 7.14. The van der Waals surface area contributed by atoms with E-state index >= 15 is 0 Å². The number of carbonyl (C=O) groups excluding carboxylic acids is 1. The molecule has 0 saturated carbocycles. The largest absolute Gasteiger partial charge is 0.357 e. The highest BCUT2D eigenvalue weighted by atomic mass is 16.2. The van der Waals surface area contributed by atoms with Gasteiger partial charge in [0, 0.05) is 53.6 Å². The highest BCUT2D eigenvalue weighted by molar-refractivity contribution is 5.99. The molecular weight excluding hydrogens is 378 g/mol. The third-order valence-corrected chi connectivity index (χ3v) is 5.91. The topological polar surface area (TPSA) is 92.6 Å². The smallest absolute Gasteiger partial charge is 0.244 e. The zero-order valence-corrected chi connectivity index (χ0v) is 16.8. The van der Waals surface area contributed by atoms with Crippen molar-refractivity contribution >= 4 is 16.8 Å². The number of aromatic amines is 1. The first-order valence-corrected chi connectivity index (χ1v) is 10.2. The number of nitrogens with one attached hydrogen (secondary N) is 1. The minimum atomic E-state index is 0.0461. The van der Waals surface area contributed by atoms with Gasteiger partial charge in [-0.25, -0.2) is 4.68 Å². The van der Waals surface area contributed by atoms with E-state index in [9.17, 15) is 4.79 Å². The number of H-pyrrole nitrogens is 1. The number of benzene rings is 1. The number of tetrazole rings is 1. The molecule has 0 aliphatic carbocycles. The van der Waals surface area contributed by atoms with Crippen LogP contribution in [0.15, 0.2) is 49.1 Å². The lowest BCUT2D eigenvalue weighted by atomic mass is 9.89. The minimum absolute atomic E-state index is 0.0461. The molecule has 4 aromatic rings. The second kappa shape index (κ2) is 7.70. The Bertz CT molecular complexity index is 1170. The SMILES string of the molecule is Cc1cccc2c(-c3ccncc3)c(C3CCCN(C(=O)Cn4cnnn4)C3)[nH]c12. The van der Waals surface area contributed by atoms with Crippen LogP contribution in [-0.4, -0.2) is 54.1 Å². The van der Waals surface area contributed by atoms with Crippen molar-refractivity contribution in [2.45, 2.75) is 32.2 Å². The molecular formula is C22H23N7O. The van der Waals surface area contributed by atoms with E-state index in [1.54, 1.807) is 0 Å². The summed E-state index contributed by atoms with van der Waals surface area (Å²) >= 11 is 0. The Balaban J connectivity index is 1.51. The number of para-hydroxylation sites is 1. The molecule has 8 heteroatoms. The van der Waals surface area contributed by atoms with Crippen LogP contribution in [0.1, 0.15) is 30.0 Å². The van der Waals surface area contributed by atoms with Gasteiger partial charge in [0.2, 0.25) is 5.91 Å². The Morgan fingerprint density at radius 2 is 2.10 bits per heavy atom. The first kappa shape index (κ1) is 18.5. The lowest BCUT2D eigenvalue weighted by molar-refractivity contribution is -0.133. The molecule has 3 aromatic heterocycles. The van der Waals surface area contributed by atoms with Crippen molar-refractivity contribution < 1.29 is 4.79 Å². The molecule has 4 heterocycles. The summed E-state index contributed by atoms with van der Waals surface area (Å²) in [5.74, 6) is 0.288. The first-order valence-electron chi connectivity index (χ1n) is 10.2. The fourth-order valence-corrected chi connectivity index (χ4v) is 4.45. The molecule has 1 fully saturated rings. The van der Waals surface area contributed by atoms with Crippen LogP contribution in [0.25, 0.3) is 22.0 Å². The van der Waals surface area contributed by atoms with Crippen LogP contribution in [-0.2, 0) is 11.3 Å². The fraction of sp³-hybridized carbons (Fsp3) is 0.318. The summed E-state index contributed by atoms with van der Waals surface area (Å²) in [5, 5.41) is 12.3. The predicted octanol–water partition coefficient (Wildman–Crippen LogP) is 2.93. The molecule has 0 radical (unpaired) electrons. The highest BCUT2D eigenvalue weighted by Crippen LogP contribution is 2.39. The third-order valence-electron chi connectivity index (χ3n) is 5.91. The molecule has 5 rings (SSSR count). The normalized spacial score (nSPS) is 16.8. The summed E-state index contributed by atoms with van der Waals surface area (Å²) in [7, 11) is 0. The van der Waals surface area contributed by atoms with E-state index in [2.05, 4.69) is 62.7 Å². The zero-order valence-electron chi connectivity index (χ0n) is 16.8. The van der Waals surface area contributed by atoms with E-state index in [4.69, 9.17) is 0 Å². The van der Waals surface area contributed by atoms with Crippen molar-refractivity contribution in [3.8, 4) is 11.1 Å². The Morgan fingerprint density at radius 1 is 1.23 bits per heavy atom. The van der Waals surface area contributed by atoms with Gasteiger partial charge in [-0.15, -0.1) is 5.10 Å². The van der Waals surface area contributed by atoms with Crippen LogP contribution in [0.5, 0.6) is 0 Å². The lowest BCUT2D eigenvalue weighted by Crippen LogP contribution is -2.41. The van der Waals surface area contributed by atoms with E-state index < -0.39 is 0 Å². The number of amides is 1. The van der Waals surface area contributed by atoms with Gasteiger partial charge in [0.15, 0.2) is 0 Å². The van der Waals surface area contributed by atoms with Gasteiger partial charge in [-0.1, -0.05) is 18.2 Å². The van der Waals surface area contributed by atoms with Crippen LogP contribution in [0.2, 0.25) is 0 Å². The molecule has 1 saturated heterocycles. The quantitative estimate of drug-likeness (QED) is 0.568. The van der Waals surface area contributed by atoms with Crippen LogP contribution in [0, 0.1) is 6.92 Å². The molecule has 0 bridgehead atoms. The average Bonchev–Trinajstić information content (AvgIpc) is 3.43. The van der Waals surface area contributed by atoms with Crippen LogP contribution in [0.4, 0.5) is 0 Å². The Kier molecular flexibility index (Phi) is 4.74. The van der Waals surface area contributed by atoms with Crippen molar-refractivity contribution in [1.29, 1.82) is 0 Å². The number of piperidine rings is 1. The number of hydrogen-bond donors (Lipinski definition) is 1. The van der Waals surface area contributed by atoms with Crippen molar-refractivity contribution in [3.05, 3.63) is 60.3 Å². The zero-order chi connectivity index (χ0) is 20.5. The molecule has 1 unspecified atom stereocenters. The standard InChI is InChI=1S/C22H23N7O/c1-15-4-2-6-18-20(16-7-9-23-10-8-16)22(25-21(15)18)17-5-3-11-28(12-17)19(30)13-29-14-24-26-27-29/h2,4,6-10,14,17,25H,3,5,11-13H2,1H3. The van der Waals surface area contributed by atoms with E-state index in [1.165, 1.54) is 33.2 Å². The number of rotatable bonds is 4. The molecule has 1 aliphatic rings. The number of pyridine rings is 1. The van der Waals surface area contributed by atoms with Gasteiger partial charge in [-0.05, 0) is 53.5 Å². The van der Waals surface area contributed by atoms with Gasteiger partial charge in [0.1, 0.15) is 12.9 Å². The summed E-state index contributed by atoms with van der Waals surface area (Å²) in [4.78, 5) is 22.6. The van der Waals surface area contributed by atoms with Crippen LogP contribution in [0.3, 0.4) is 0 Å². The number of aromatic nitrogens is 6. The summed E-state index contributed by atoms with van der Waals surface area (Å²) in [6, 6.07) is 10.5. The maximum Gasteiger partial charge on any atom is 0.244 e. The number of carbonyl (C=O) groups is 1. The van der Waals surface area contributed by atoms with Crippen molar-refractivity contribution in [2.24, 2.45) is 0 Å². The van der Waals surface area contributed by atoms with E-state index in [1.807, 2.05) is 17.3 Å². The molecule has 1 N–H and O–H groups in total. The Hall–Kier alpha value is -3.55. The van der Waals surface area contributed by atoms with E-state index in [0.29, 0.717) is 6.54 Å². The average molecular weight is 401 g/mol. The van der Waals surface area contributed by atoms with Gasteiger partial charge < -0.3 is 9.88 Å². The molecule has 8 nitrogen and oxygen atoms in total. The fourth-order valence-electron chi connectivity index (χ4n) is 4.45. The van der Waals surface area contributed by atoms with Gasteiger partial charge >= 0.3 is 0 Å². The summed E-state index contributed by atoms with van der Waals surface area (Å²) in [6.45, 7) is 3.75. The van der Waals surface area contributed by atoms with Gasteiger partial charge in [-0.3, -0.25) is 9.78 Å². The Labute approximate surface area is 173 Å². The molecule has 1 aliphatic heterocycles. The second-order valence-corrected chi connectivity index (χ2v) is 7.83. The van der Waals surface area contributed by atoms with Gasteiger partial charge in [-0.2, -0.15) is 0 Å². The summed E-state index contributed by atoms with van der Waals surface area (Å²) < 4.78 is 1.47. The first-order chi connectivity index (χ1) is 14.7. The summed E-state index contributed by atoms with van der Waals surface area (Å²) in [5.41, 5.74) is 5.95. The van der Waals surface area contributed by atoms with Crippen LogP contribution >= 0.6 is 0 Å². The van der Waals surface area contributed by atoms with Crippen LogP contribution < -0.4 is 0 Å². The molecule has 0 spiro atoms. The van der Waals surface area contributed by atoms with Crippen molar-refractivity contribution in [1.82, 2.24) is 35.1 Å². The maximum atomic E-state index is 12.8. The third kappa shape index (κ3) is 3.34. The molecule has 1 atom stereocenters. The number of hydrogen-bond acceptors (Lipinski definition) is 5. The van der Waals surface area contributed by atoms with Gasteiger partial charge in [0.05, 0.1) is 0 Å². The Morgan fingerprint density at radius 3 is 2.90 bits per heavy atom. The van der Waals surface area contributed by atoms with E-state index in [0.717, 1.165) is 30.5 Å². The monoisotopic (exact) mass is 401 g/mol. The predicted molar refractivity (Wildman–Crippen MR) is 113 cm³/mol. The van der Waals surface area contributed by atoms with Crippen molar-refractivity contribution in [3.63, 3.8) is 0 Å². The number of fused-ring (bicyclic) bond motifs is 1. The maximum absolute atomic E-state index is 12.8. The minimum Gasteiger partial charge on any atom is -0.357 e. The molecule has 1 amide bonds. The van der Waals surface area contributed by atoms with Gasteiger partial charge in [0.25, 0.3) is 0 Å². The number of likely N-dealkylation sites (tertiary alicyclic amines) is 1. The number of aryl methyl sites for hydroxylation is 1. The number of nitrogens with zero attached hydrogens (tertiary/aromatic N) is 6. The van der Waals surface area contributed by atoms with Crippen molar-refractivity contribution in [2.75, 3.05) is 13.1 Å². The lowest BCUT2D eigenvalue weighted by Gasteiger charge is -2.33. The molecule has 1 aromatic carbocycles.